The third-order valence-corrected chi connectivity index (χ3v) is 4.74. The number of piperidine rings is 1. The largest absolute Gasteiger partial charge is 0.481 e. The van der Waals surface area contributed by atoms with Crippen LogP contribution in [0.15, 0.2) is 18.2 Å². The highest BCUT2D eigenvalue weighted by molar-refractivity contribution is 6.17. The summed E-state index contributed by atoms with van der Waals surface area (Å²) in [5.74, 6) is -1.75. The molecule has 1 saturated heterocycles. The molecule has 1 aliphatic rings. The number of aliphatic carboxylic acids is 1. The highest BCUT2D eigenvalue weighted by Gasteiger charge is 2.35. The number of carbonyl (C=O) groups excluding carboxylic acids is 2. The minimum absolute atomic E-state index is 0.189. The normalized spacial score (nSPS) is 18.0. The van der Waals surface area contributed by atoms with E-state index in [9.17, 15) is 14.4 Å². The molecule has 0 aliphatic carbocycles. The van der Waals surface area contributed by atoms with Crippen molar-refractivity contribution in [2.24, 2.45) is 0 Å². The van der Waals surface area contributed by atoms with Crippen molar-refractivity contribution in [2.75, 3.05) is 18.5 Å². The van der Waals surface area contributed by atoms with Crippen molar-refractivity contribution >= 4 is 23.5 Å². The Morgan fingerprint density at radius 2 is 1.80 bits per heavy atom. The van der Waals surface area contributed by atoms with E-state index in [2.05, 4.69) is 0 Å². The molecule has 0 bridgehead atoms. The number of carboxylic acid groups (broad SMARTS) is 1. The van der Waals surface area contributed by atoms with Crippen LogP contribution < -0.4 is 4.90 Å². The number of carboxylic acids is 1. The number of nitrogens with zero attached hydrogens (tertiary/aromatic N) is 2. The van der Waals surface area contributed by atoms with Gasteiger partial charge in [0.15, 0.2) is 0 Å². The molecule has 6 heteroatoms. The summed E-state index contributed by atoms with van der Waals surface area (Å²) in [4.78, 5) is 40.0. The number of benzene rings is 1. The molecule has 0 saturated carbocycles. The van der Waals surface area contributed by atoms with Gasteiger partial charge in [-0.05, 0) is 51.4 Å². The number of hydrogen-bond acceptors (Lipinski definition) is 4. The van der Waals surface area contributed by atoms with E-state index in [4.69, 9.17) is 5.11 Å². The molecule has 0 aromatic heterocycles. The molecule has 2 amide bonds. The molecule has 0 radical (unpaired) electrons. The SMILES string of the molecule is Cc1cccc(C)c1N(C(=O)CCC(=O)O)C(=O)C1CCCCN1C. The Balaban J connectivity index is 2.39. The maximum absolute atomic E-state index is 13.2. The molecule has 0 spiro atoms. The van der Waals surface area contributed by atoms with Crippen LogP contribution >= 0.6 is 0 Å². The number of rotatable bonds is 5. The first-order valence-electron chi connectivity index (χ1n) is 8.68. The summed E-state index contributed by atoms with van der Waals surface area (Å²) in [7, 11) is 1.90. The fraction of sp³-hybridized carbons (Fsp3) is 0.526. The molecular weight excluding hydrogens is 320 g/mol. The first-order chi connectivity index (χ1) is 11.8. The van der Waals surface area contributed by atoms with E-state index in [0.717, 1.165) is 30.5 Å². The summed E-state index contributed by atoms with van der Waals surface area (Å²) in [6, 6.07) is 5.25. The lowest BCUT2D eigenvalue weighted by Gasteiger charge is -2.35. The second kappa shape index (κ2) is 8.25. The fourth-order valence-corrected chi connectivity index (χ4v) is 3.38. The van der Waals surface area contributed by atoms with Crippen molar-refractivity contribution in [1.82, 2.24) is 4.90 Å². The van der Waals surface area contributed by atoms with Gasteiger partial charge in [0.25, 0.3) is 5.91 Å². The predicted molar refractivity (Wildman–Crippen MR) is 95.5 cm³/mol. The zero-order valence-corrected chi connectivity index (χ0v) is 15.1. The van der Waals surface area contributed by atoms with Gasteiger partial charge < -0.3 is 5.11 Å². The van der Waals surface area contributed by atoms with E-state index < -0.39 is 11.9 Å². The predicted octanol–water partition coefficient (Wildman–Crippen LogP) is 2.51. The van der Waals surface area contributed by atoms with Crippen molar-refractivity contribution in [3.8, 4) is 0 Å². The van der Waals surface area contributed by atoms with Gasteiger partial charge in [-0.15, -0.1) is 0 Å². The first kappa shape index (κ1) is 19.1. The van der Waals surface area contributed by atoms with E-state index in [0.29, 0.717) is 12.1 Å². The van der Waals surface area contributed by atoms with Crippen LogP contribution in [0.1, 0.15) is 43.2 Å². The van der Waals surface area contributed by atoms with Gasteiger partial charge in [0, 0.05) is 6.42 Å². The van der Waals surface area contributed by atoms with Crippen molar-refractivity contribution in [3.63, 3.8) is 0 Å². The number of likely N-dealkylation sites (N-methyl/N-ethyl adjacent to an activating group) is 1. The van der Waals surface area contributed by atoms with Crippen LogP contribution in [0.5, 0.6) is 0 Å². The maximum atomic E-state index is 13.2. The molecule has 1 aromatic carbocycles. The van der Waals surface area contributed by atoms with Gasteiger partial charge >= 0.3 is 5.97 Å². The summed E-state index contributed by atoms with van der Waals surface area (Å²) in [5.41, 5.74) is 2.24. The van der Waals surface area contributed by atoms with Gasteiger partial charge in [0.1, 0.15) is 0 Å². The Hall–Kier alpha value is -2.21. The molecule has 1 aliphatic heterocycles. The van der Waals surface area contributed by atoms with E-state index in [1.807, 2.05) is 44.0 Å². The van der Waals surface area contributed by atoms with Crippen LogP contribution in [0.4, 0.5) is 5.69 Å². The number of amides is 2. The van der Waals surface area contributed by atoms with Crippen molar-refractivity contribution < 1.29 is 19.5 Å². The lowest BCUT2D eigenvalue weighted by molar-refractivity contribution is -0.139. The fourth-order valence-electron chi connectivity index (χ4n) is 3.38. The lowest BCUT2D eigenvalue weighted by Crippen LogP contribution is -2.51. The lowest BCUT2D eigenvalue weighted by atomic mass is 9.99. The monoisotopic (exact) mass is 346 g/mol. The molecule has 1 fully saturated rings. The maximum Gasteiger partial charge on any atom is 0.303 e. The summed E-state index contributed by atoms with van der Waals surface area (Å²) in [6.45, 7) is 4.54. The minimum Gasteiger partial charge on any atom is -0.481 e. The molecule has 1 unspecified atom stereocenters. The summed E-state index contributed by atoms with van der Waals surface area (Å²) >= 11 is 0. The smallest absolute Gasteiger partial charge is 0.303 e. The van der Waals surface area contributed by atoms with Crippen molar-refractivity contribution in [3.05, 3.63) is 29.3 Å². The Kier molecular flexibility index (Phi) is 6.31. The molecule has 6 nitrogen and oxygen atoms in total. The van der Waals surface area contributed by atoms with Crippen LogP contribution in [0.25, 0.3) is 0 Å². The number of likely N-dealkylation sites (tertiary alicyclic amines) is 1. The molecule has 2 rings (SSSR count). The van der Waals surface area contributed by atoms with E-state index >= 15 is 0 Å². The molecule has 136 valence electrons. The quantitative estimate of drug-likeness (QED) is 0.886. The number of hydrogen-bond donors (Lipinski definition) is 1. The van der Waals surface area contributed by atoms with E-state index in [1.54, 1.807) is 0 Å². The Morgan fingerprint density at radius 3 is 2.36 bits per heavy atom. The number of aryl methyl sites for hydroxylation is 2. The van der Waals surface area contributed by atoms with Gasteiger partial charge in [0.2, 0.25) is 5.91 Å². The molecule has 1 aromatic rings. The molecule has 25 heavy (non-hydrogen) atoms. The second-order valence-corrected chi connectivity index (χ2v) is 6.69. The van der Waals surface area contributed by atoms with Gasteiger partial charge in [-0.2, -0.15) is 0 Å². The van der Waals surface area contributed by atoms with Crippen LogP contribution in [-0.4, -0.2) is 47.4 Å². The van der Waals surface area contributed by atoms with Crippen LogP contribution in [0.3, 0.4) is 0 Å². The van der Waals surface area contributed by atoms with Crippen molar-refractivity contribution in [1.29, 1.82) is 0 Å². The number of para-hydroxylation sites is 1. The van der Waals surface area contributed by atoms with E-state index in [-0.39, 0.29) is 24.8 Å². The molecular formula is C19H26N2O4. The zero-order chi connectivity index (χ0) is 18.6. The highest BCUT2D eigenvalue weighted by Crippen LogP contribution is 2.28. The number of anilines is 1. The summed E-state index contributed by atoms with van der Waals surface area (Å²) in [6.07, 6.45) is 2.23. The number of imide groups is 1. The van der Waals surface area contributed by atoms with Crippen molar-refractivity contribution in [2.45, 2.75) is 52.0 Å². The average Bonchev–Trinajstić information content (AvgIpc) is 2.56. The van der Waals surface area contributed by atoms with Crippen LogP contribution in [0.2, 0.25) is 0 Å². The van der Waals surface area contributed by atoms with Gasteiger partial charge in [0.05, 0.1) is 18.2 Å². The van der Waals surface area contributed by atoms with Gasteiger partial charge in [-0.1, -0.05) is 24.6 Å². The van der Waals surface area contributed by atoms with E-state index in [1.165, 1.54) is 4.90 Å². The number of carbonyl (C=O) groups is 3. The molecule has 1 atom stereocenters. The standard InChI is InChI=1S/C19H26N2O4/c1-13-7-6-8-14(2)18(13)21(16(22)10-11-17(23)24)19(25)15-9-4-5-12-20(15)3/h6-8,15H,4-5,9-12H2,1-3H3,(H,23,24). The summed E-state index contributed by atoms with van der Waals surface area (Å²) < 4.78 is 0. The second-order valence-electron chi connectivity index (χ2n) is 6.69. The highest BCUT2D eigenvalue weighted by atomic mass is 16.4. The van der Waals surface area contributed by atoms with Gasteiger partial charge in [-0.3, -0.25) is 19.3 Å². The minimum atomic E-state index is -1.04. The molecule has 1 N–H and O–H groups in total. The Morgan fingerprint density at radius 1 is 1.16 bits per heavy atom. The van der Waals surface area contributed by atoms with Gasteiger partial charge in [-0.25, -0.2) is 4.90 Å². The average molecular weight is 346 g/mol. The first-order valence-corrected chi connectivity index (χ1v) is 8.68. The third-order valence-electron chi connectivity index (χ3n) is 4.74. The van der Waals surface area contributed by atoms with Crippen LogP contribution in [-0.2, 0) is 14.4 Å². The molecule has 1 heterocycles. The summed E-state index contributed by atoms with van der Waals surface area (Å²) in [5, 5.41) is 8.89. The zero-order valence-electron chi connectivity index (χ0n) is 15.1. The third kappa shape index (κ3) is 4.45. The van der Waals surface area contributed by atoms with Crippen LogP contribution in [0, 0.1) is 13.8 Å². The Bertz CT molecular complexity index is 651. The topological polar surface area (TPSA) is 77.9 Å². The Labute approximate surface area is 148 Å².